The fourth-order valence-electron chi connectivity index (χ4n) is 9.41. The second kappa shape index (κ2) is 13.5. The Bertz CT molecular complexity index is 3730. The third-order valence-electron chi connectivity index (χ3n) is 12.0. The average molecular weight is 865 g/mol. The molecular weight excluding hydrogens is 831 g/mol. The molecule has 0 aliphatic heterocycles. The summed E-state index contributed by atoms with van der Waals surface area (Å²) in [6, 6.07) is 49.8. The topological polar surface area (TPSA) is 69.6 Å². The second-order valence-electron chi connectivity index (χ2n) is 15.6. The standard InChI is InChI=1S/C52H34N6O.Pd/c1-29-11-9-12-30(2)48(29)38-25-37-35-21-19-33(59-34-20-22-36-41(24-34)52-56-44-16-6-8-18-46(44)58(52)50-42(36)27-53-28-54-50)23-40(35)51-55-43-15-5-7-17-45(43)57(51)47(37)26-39(38)49-31(3)13-10-14-32(49)4;/h5-22,25-28H,1-4H3;/q-2;+2. The summed E-state index contributed by atoms with van der Waals surface area (Å²) in [6.07, 6.45) is 3.43. The first-order valence-corrected chi connectivity index (χ1v) is 19.8. The number of para-hydroxylation sites is 4. The maximum atomic E-state index is 6.68. The van der Waals surface area contributed by atoms with Gasteiger partial charge in [0.2, 0.25) is 0 Å². The first-order valence-electron chi connectivity index (χ1n) is 19.8. The van der Waals surface area contributed by atoms with Crippen molar-refractivity contribution < 1.29 is 25.2 Å². The SMILES string of the molecule is Cc1cccc(C)c1-c1cc2c3ccc(Oc4[c-]c5c(cc4)c4cncnc4n4c6ccccc6nc54)[c-]c3c3nc4ccccc4n3c2cc1-c1c(C)cccc1C.[Pd+2]. The molecule has 12 aromatic rings. The zero-order valence-electron chi connectivity index (χ0n) is 33.1. The number of pyridine rings is 2. The minimum absolute atomic E-state index is 0. The number of rotatable bonds is 4. The second-order valence-corrected chi connectivity index (χ2v) is 15.6. The Kier molecular flexibility index (Phi) is 8.15. The fourth-order valence-corrected chi connectivity index (χ4v) is 9.41. The molecule has 60 heavy (non-hydrogen) atoms. The van der Waals surface area contributed by atoms with E-state index in [1.165, 1.54) is 44.5 Å². The molecule has 0 fully saturated rings. The van der Waals surface area contributed by atoms with Crippen molar-refractivity contribution in [2.45, 2.75) is 27.7 Å². The Balaban J connectivity index is 0.00000408. The van der Waals surface area contributed by atoms with Gasteiger partial charge < -0.3 is 13.5 Å². The molecule has 5 aromatic heterocycles. The van der Waals surface area contributed by atoms with Gasteiger partial charge in [-0.05, 0) is 108 Å². The Morgan fingerprint density at radius 2 is 1.00 bits per heavy atom. The molecule has 0 amide bonds. The van der Waals surface area contributed by atoms with Crippen LogP contribution >= 0.6 is 0 Å². The average Bonchev–Trinajstić information content (AvgIpc) is 3.84. The third-order valence-corrected chi connectivity index (χ3v) is 12.0. The first-order chi connectivity index (χ1) is 28.9. The maximum absolute atomic E-state index is 6.68. The van der Waals surface area contributed by atoms with Crippen molar-refractivity contribution in [3.05, 3.63) is 168 Å². The summed E-state index contributed by atoms with van der Waals surface area (Å²) in [7, 11) is 0. The minimum atomic E-state index is 0. The zero-order valence-corrected chi connectivity index (χ0v) is 34.7. The van der Waals surface area contributed by atoms with Gasteiger partial charge in [-0.3, -0.25) is 9.97 Å². The van der Waals surface area contributed by atoms with E-state index in [0.717, 1.165) is 76.8 Å². The molecule has 0 unspecified atom stereocenters. The van der Waals surface area contributed by atoms with E-state index in [9.17, 15) is 0 Å². The van der Waals surface area contributed by atoms with Crippen molar-refractivity contribution in [3.63, 3.8) is 0 Å². The summed E-state index contributed by atoms with van der Waals surface area (Å²) in [4.78, 5) is 19.3. The van der Waals surface area contributed by atoms with E-state index in [1.807, 2.05) is 48.7 Å². The zero-order chi connectivity index (χ0) is 39.5. The van der Waals surface area contributed by atoms with Crippen LogP contribution < -0.4 is 4.74 Å². The van der Waals surface area contributed by atoms with Crippen LogP contribution in [-0.4, -0.2) is 28.7 Å². The quantitative estimate of drug-likeness (QED) is 0.100. The predicted octanol–water partition coefficient (Wildman–Crippen LogP) is 12.6. The summed E-state index contributed by atoms with van der Waals surface area (Å²) >= 11 is 0. The molecule has 0 aliphatic carbocycles. The molecule has 0 saturated heterocycles. The molecule has 0 radical (unpaired) electrons. The number of imidazole rings is 2. The van der Waals surface area contributed by atoms with Crippen molar-refractivity contribution in [1.29, 1.82) is 0 Å². The van der Waals surface area contributed by atoms with Gasteiger partial charge in [-0.2, -0.15) is 0 Å². The molecule has 8 heteroatoms. The number of benzene rings is 7. The summed E-state index contributed by atoms with van der Waals surface area (Å²) in [5, 5.41) is 5.75. The molecule has 288 valence electrons. The molecule has 0 N–H and O–H groups in total. The van der Waals surface area contributed by atoms with Crippen molar-refractivity contribution in [2.75, 3.05) is 0 Å². The van der Waals surface area contributed by atoms with Crippen LogP contribution in [0.25, 0.3) is 99.1 Å². The van der Waals surface area contributed by atoms with Gasteiger partial charge in [-0.15, -0.1) is 12.1 Å². The number of hydrogen-bond donors (Lipinski definition) is 0. The number of aryl methyl sites for hydroxylation is 4. The van der Waals surface area contributed by atoms with E-state index in [2.05, 4.69) is 137 Å². The Hall–Kier alpha value is -6.98. The molecule has 0 atom stereocenters. The van der Waals surface area contributed by atoms with Gasteiger partial charge in [0, 0.05) is 28.6 Å². The van der Waals surface area contributed by atoms with E-state index < -0.39 is 0 Å². The van der Waals surface area contributed by atoms with E-state index in [-0.39, 0.29) is 20.4 Å². The Morgan fingerprint density at radius 3 is 1.60 bits per heavy atom. The van der Waals surface area contributed by atoms with Crippen molar-refractivity contribution >= 4 is 76.8 Å². The normalized spacial score (nSPS) is 11.9. The fraction of sp³-hybridized carbons (Fsp3) is 0.0769. The number of nitrogens with zero attached hydrogens (tertiary/aromatic N) is 6. The van der Waals surface area contributed by atoms with E-state index in [4.69, 9.17) is 14.7 Å². The third kappa shape index (κ3) is 5.24. The Labute approximate surface area is 358 Å². The molecule has 0 spiro atoms. The van der Waals surface area contributed by atoms with Gasteiger partial charge in [-0.25, -0.2) is 9.97 Å². The van der Waals surface area contributed by atoms with E-state index in [0.29, 0.717) is 11.5 Å². The molecule has 0 saturated carbocycles. The summed E-state index contributed by atoms with van der Waals surface area (Å²) in [5.41, 5.74) is 17.2. The van der Waals surface area contributed by atoms with Crippen LogP contribution in [0.3, 0.4) is 0 Å². The van der Waals surface area contributed by atoms with Crippen LogP contribution in [0.1, 0.15) is 22.3 Å². The summed E-state index contributed by atoms with van der Waals surface area (Å²) < 4.78 is 11.1. The van der Waals surface area contributed by atoms with E-state index in [1.54, 1.807) is 6.33 Å². The molecule has 0 bridgehead atoms. The van der Waals surface area contributed by atoms with Gasteiger partial charge in [-0.1, -0.05) is 113 Å². The predicted molar refractivity (Wildman–Crippen MR) is 239 cm³/mol. The van der Waals surface area contributed by atoms with E-state index >= 15 is 0 Å². The van der Waals surface area contributed by atoms with Crippen molar-refractivity contribution in [3.8, 4) is 33.8 Å². The summed E-state index contributed by atoms with van der Waals surface area (Å²) in [6.45, 7) is 8.85. The van der Waals surface area contributed by atoms with Gasteiger partial charge in [0.05, 0.1) is 33.4 Å². The molecule has 7 aromatic carbocycles. The minimum Gasteiger partial charge on any atom is -0.497 e. The largest absolute Gasteiger partial charge is 2.00 e. The molecule has 7 nitrogen and oxygen atoms in total. The van der Waals surface area contributed by atoms with Crippen LogP contribution in [-0.2, 0) is 20.4 Å². The first kappa shape index (κ1) is 36.1. The van der Waals surface area contributed by atoms with Gasteiger partial charge in [0.25, 0.3) is 0 Å². The molecule has 12 rings (SSSR count). The smallest absolute Gasteiger partial charge is 0.497 e. The molecule has 5 heterocycles. The number of ether oxygens (including phenoxy) is 1. The summed E-state index contributed by atoms with van der Waals surface area (Å²) in [5.74, 6) is 1.12. The number of fused-ring (bicyclic) bond motifs is 16. The van der Waals surface area contributed by atoms with Crippen LogP contribution in [0.5, 0.6) is 11.5 Å². The number of hydrogen-bond acceptors (Lipinski definition) is 5. The monoisotopic (exact) mass is 864 g/mol. The van der Waals surface area contributed by atoms with Crippen LogP contribution in [0, 0.1) is 39.8 Å². The molecule has 0 aliphatic rings. The number of aromatic nitrogens is 6. The van der Waals surface area contributed by atoms with Crippen molar-refractivity contribution in [2.24, 2.45) is 0 Å². The molecular formula is C52H34N6OPd. The van der Waals surface area contributed by atoms with Gasteiger partial charge in [0.15, 0.2) is 0 Å². The van der Waals surface area contributed by atoms with Gasteiger partial charge >= 0.3 is 20.4 Å². The maximum Gasteiger partial charge on any atom is 2.00 e. The van der Waals surface area contributed by atoms with Crippen LogP contribution in [0.4, 0.5) is 0 Å². The van der Waals surface area contributed by atoms with Crippen molar-refractivity contribution in [1.82, 2.24) is 28.7 Å². The Morgan fingerprint density at radius 1 is 0.483 bits per heavy atom. The van der Waals surface area contributed by atoms with Crippen LogP contribution in [0.15, 0.2) is 134 Å². The van der Waals surface area contributed by atoms with Gasteiger partial charge in [0.1, 0.15) is 12.0 Å². The van der Waals surface area contributed by atoms with Crippen LogP contribution in [0.2, 0.25) is 0 Å².